The van der Waals surface area contributed by atoms with Crippen molar-refractivity contribution in [2.75, 3.05) is 5.32 Å². The van der Waals surface area contributed by atoms with Gasteiger partial charge in [-0.15, -0.1) is 0 Å². The van der Waals surface area contributed by atoms with Crippen LogP contribution < -0.4 is 15.9 Å². The van der Waals surface area contributed by atoms with Gasteiger partial charge in [-0.3, -0.25) is 0 Å². The third-order valence-electron chi connectivity index (χ3n) is 3.23. The Labute approximate surface area is 110 Å². The van der Waals surface area contributed by atoms with Crippen molar-refractivity contribution in [2.24, 2.45) is 0 Å². The van der Waals surface area contributed by atoms with Gasteiger partial charge in [0.1, 0.15) is 0 Å². The van der Waals surface area contributed by atoms with Crippen LogP contribution in [0.25, 0.3) is 0 Å². The Kier molecular flexibility index (Phi) is 2.68. The van der Waals surface area contributed by atoms with Gasteiger partial charge in [0, 0.05) is 22.0 Å². The topological polar surface area (TPSA) is 12.0 Å². The molecule has 0 atom stereocenters. The molecule has 0 amide bonds. The number of rotatable bonds is 0. The summed E-state index contributed by atoms with van der Waals surface area (Å²) < 4.78 is 0. The van der Waals surface area contributed by atoms with Crippen molar-refractivity contribution >= 4 is 29.9 Å². The molecule has 0 unspecified atom stereocenters. The third kappa shape index (κ3) is 1.83. The minimum absolute atomic E-state index is 0.281. The first kappa shape index (κ1) is 11.7. The molecule has 0 aromatic heterocycles. The van der Waals surface area contributed by atoms with Crippen molar-refractivity contribution in [3.8, 4) is 0 Å². The van der Waals surface area contributed by atoms with E-state index >= 15 is 0 Å². The molecule has 0 aliphatic carbocycles. The van der Waals surface area contributed by atoms with E-state index in [-0.39, 0.29) is 13.1 Å². The number of hydrogen-bond donors (Lipinski definition) is 1. The number of hydrogen-bond acceptors (Lipinski definition) is 1. The summed E-state index contributed by atoms with van der Waals surface area (Å²) in [6.45, 7) is 7.03. The average Bonchev–Trinajstić information content (AvgIpc) is 2.34. The largest absolute Gasteiger partial charge is 0.354 e. The number of para-hydroxylation sites is 2. The second kappa shape index (κ2) is 4.10. The Morgan fingerprint density at radius 3 is 1.67 bits per heavy atom. The quantitative estimate of drug-likeness (QED) is 0.702. The molecule has 18 heavy (non-hydrogen) atoms. The molecule has 2 aromatic rings. The van der Waals surface area contributed by atoms with Gasteiger partial charge in [-0.2, -0.15) is 0 Å². The lowest BCUT2D eigenvalue weighted by atomic mass is 10.2. The van der Waals surface area contributed by atoms with Crippen molar-refractivity contribution in [3.63, 3.8) is 0 Å². The fraction of sp³-hybridized carbons (Fsp3) is 0.250. The van der Waals surface area contributed by atoms with Crippen LogP contribution in [0.5, 0.6) is 0 Å². The summed E-state index contributed by atoms with van der Waals surface area (Å²) >= 11 is 0. The number of benzene rings is 2. The maximum absolute atomic E-state index is 3.56. The molecule has 0 spiro atoms. The van der Waals surface area contributed by atoms with Gasteiger partial charge in [-0.05, 0) is 25.2 Å². The summed E-state index contributed by atoms with van der Waals surface area (Å²) in [6, 6.07) is 17.4. The summed E-state index contributed by atoms with van der Waals surface area (Å²) in [7, 11) is -0.307. The maximum Gasteiger partial charge on any atom is 0.0466 e. The number of fused-ring (bicyclic) bond motifs is 2. The van der Waals surface area contributed by atoms with E-state index in [0.29, 0.717) is 0 Å². The van der Waals surface area contributed by atoms with E-state index in [1.54, 1.807) is 0 Å². The highest BCUT2D eigenvalue weighted by Gasteiger charge is 2.33. The predicted molar refractivity (Wildman–Crippen MR) is 82.1 cm³/mol. The molecule has 1 aliphatic heterocycles. The molecule has 0 bridgehead atoms. The van der Waals surface area contributed by atoms with Crippen LogP contribution in [0.1, 0.15) is 20.8 Å². The van der Waals surface area contributed by atoms with Crippen molar-refractivity contribution in [3.05, 3.63) is 48.5 Å². The Hall–Kier alpha value is -1.33. The summed E-state index contributed by atoms with van der Waals surface area (Å²) in [5, 5.41) is 6.78. The Bertz CT molecular complexity index is 538. The summed E-state index contributed by atoms with van der Waals surface area (Å²) in [5.74, 6) is 0. The van der Waals surface area contributed by atoms with Crippen molar-refractivity contribution in [1.29, 1.82) is 0 Å². The summed E-state index contributed by atoms with van der Waals surface area (Å²) in [4.78, 5) is 0. The lowest BCUT2D eigenvalue weighted by molar-refractivity contribution is 0.793. The second-order valence-corrected chi connectivity index (χ2v) is 8.64. The van der Waals surface area contributed by atoms with Gasteiger partial charge >= 0.3 is 0 Å². The van der Waals surface area contributed by atoms with Crippen LogP contribution in [0.4, 0.5) is 11.4 Å². The Morgan fingerprint density at radius 1 is 0.778 bits per heavy atom. The molecule has 1 nitrogen and oxygen atoms in total. The standard InChI is InChI=1S/C16H18NP/c1-16(2,3)18-14-10-6-4-8-12(14)17-13-9-5-7-11-15(13)18/h4-11,17H,1-3H3. The van der Waals surface area contributed by atoms with Crippen LogP contribution in [0.15, 0.2) is 48.5 Å². The van der Waals surface area contributed by atoms with Gasteiger partial charge in [0.2, 0.25) is 0 Å². The van der Waals surface area contributed by atoms with E-state index in [4.69, 9.17) is 0 Å². The highest BCUT2D eigenvalue weighted by atomic mass is 31.1. The van der Waals surface area contributed by atoms with Gasteiger partial charge < -0.3 is 5.32 Å². The van der Waals surface area contributed by atoms with Crippen LogP contribution in [-0.4, -0.2) is 5.16 Å². The van der Waals surface area contributed by atoms with Crippen molar-refractivity contribution in [1.82, 2.24) is 0 Å². The van der Waals surface area contributed by atoms with E-state index in [1.807, 2.05) is 0 Å². The number of nitrogens with one attached hydrogen (secondary N) is 1. The summed E-state index contributed by atoms with van der Waals surface area (Å²) in [5.41, 5.74) is 2.55. The smallest absolute Gasteiger partial charge is 0.0466 e. The second-order valence-electron chi connectivity index (χ2n) is 5.67. The minimum Gasteiger partial charge on any atom is -0.354 e. The van der Waals surface area contributed by atoms with E-state index in [2.05, 4.69) is 74.6 Å². The molecule has 92 valence electrons. The Morgan fingerprint density at radius 2 is 1.22 bits per heavy atom. The molecule has 2 heteroatoms. The van der Waals surface area contributed by atoms with Crippen LogP contribution in [0, 0.1) is 0 Å². The monoisotopic (exact) mass is 255 g/mol. The van der Waals surface area contributed by atoms with E-state index in [9.17, 15) is 0 Å². The fourth-order valence-corrected chi connectivity index (χ4v) is 5.46. The maximum atomic E-state index is 3.56. The van der Waals surface area contributed by atoms with Crippen LogP contribution in [-0.2, 0) is 0 Å². The predicted octanol–water partition coefficient (Wildman–Crippen LogP) is 3.97. The first-order valence-corrected chi connectivity index (χ1v) is 7.67. The van der Waals surface area contributed by atoms with Crippen LogP contribution in [0.2, 0.25) is 0 Å². The fourth-order valence-electron chi connectivity index (χ4n) is 2.55. The molecular formula is C16H18NP. The minimum atomic E-state index is -0.307. The molecule has 1 aliphatic rings. The first-order chi connectivity index (χ1) is 8.57. The molecule has 0 saturated carbocycles. The van der Waals surface area contributed by atoms with Gasteiger partial charge in [-0.1, -0.05) is 57.2 Å². The highest BCUT2D eigenvalue weighted by Crippen LogP contribution is 2.52. The van der Waals surface area contributed by atoms with Crippen molar-refractivity contribution in [2.45, 2.75) is 25.9 Å². The third-order valence-corrected chi connectivity index (χ3v) is 6.32. The molecule has 0 radical (unpaired) electrons. The summed E-state index contributed by atoms with van der Waals surface area (Å²) in [6.07, 6.45) is 0. The molecule has 0 saturated heterocycles. The zero-order valence-electron chi connectivity index (χ0n) is 11.1. The van der Waals surface area contributed by atoms with Crippen LogP contribution in [0.3, 0.4) is 0 Å². The van der Waals surface area contributed by atoms with E-state index < -0.39 is 0 Å². The first-order valence-electron chi connectivity index (χ1n) is 6.33. The van der Waals surface area contributed by atoms with Gasteiger partial charge in [0.05, 0.1) is 0 Å². The van der Waals surface area contributed by atoms with Crippen molar-refractivity contribution < 1.29 is 0 Å². The lowest BCUT2D eigenvalue weighted by Crippen LogP contribution is -2.32. The molecule has 0 fully saturated rings. The molecule has 1 N–H and O–H groups in total. The zero-order chi connectivity index (χ0) is 12.8. The molecule has 1 heterocycles. The Balaban J connectivity index is 2.24. The van der Waals surface area contributed by atoms with Gasteiger partial charge in [0.25, 0.3) is 0 Å². The average molecular weight is 255 g/mol. The van der Waals surface area contributed by atoms with Gasteiger partial charge in [0.15, 0.2) is 0 Å². The van der Waals surface area contributed by atoms with E-state index in [0.717, 1.165) is 0 Å². The zero-order valence-corrected chi connectivity index (χ0v) is 12.0. The van der Waals surface area contributed by atoms with E-state index in [1.165, 1.54) is 22.0 Å². The van der Waals surface area contributed by atoms with Crippen LogP contribution >= 0.6 is 7.92 Å². The molecule has 2 aromatic carbocycles. The molecular weight excluding hydrogens is 237 g/mol. The lowest BCUT2D eigenvalue weighted by Gasteiger charge is -2.38. The number of anilines is 2. The normalized spacial score (nSPS) is 14.6. The SMILES string of the molecule is CC(C)(C)P1c2ccccc2Nc2ccccc21. The molecule has 3 rings (SSSR count). The van der Waals surface area contributed by atoms with Gasteiger partial charge in [-0.25, -0.2) is 0 Å². The highest BCUT2D eigenvalue weighted by molar-refractivity contribution is 7.75.